The molecule has 0 unspecified atom stereocenters. The largest absolute Gasteiger partial charge is 0.462 e. The first-order chi connectivity index (χ1) is 14.0. The lowest BCUT2D eigenvalue weighted by Gasteiger charge is -2.33. The maximum atomic E-state index is 12.2. The summed E-state index contributed by atoms with van der Waals surface area (Å²) in [5.41, 5.74) is 2.85. The van der Waals surface area contributed by atoms with E-state index in [1.165, 1.54) is 6.08 Å². The minimum atomic E-state index is -0.196. The molecule has 0 atom stereocenters. The van der Waals surface area contributed by atoms with Gasteiger partial charge in [-0.15, -0.1) is 0 Å². The quantitative estimate of drug-likeness (QED) is 0.686. The van der Waals surface area contributed by atoms with Crippen LogP contribution >= 0.6 is 0 Å². The van der Waals surface area contributed by atoms with Crippen molar-refractivity contribution in [1.82, 2.24) is 9.88 Å². The SMILES string of the molecule is Cc1ccc(C=CC(=O)Nc2ccc3nc(N4CCN(C)CC4)cc(C)c3c2)o1. The molecule has 6 heteroatoms. The molecule has 4 rings (SSSR count). The van der Waals surface area contributed by atoms with E-state index in [9.17, 15) is 4.79 Å². The number of aryl methyl sites for hydroxylation is 2. The van der Waals surface area contributed by atoms with E-state index in [1.807, 2.05) is 37.3 Å². The Morgan fingerprint density at radius 1 is 1.10 bits per heavy atom. The van der Waals surface area contributed by atoms with Crippen LogP contribution < -0.4 is 10.2 Å². The van der Waals surface area contributed by atoms with Gasteiger partial charge in [0.05, 0.1) is 5.52 Å². The number of rotatable bonds is 4. The van der Waals surface area contributed by atoms with Crippen LogP contribution in [0.5, 0.6) is 0 Å². The van der Waals surface area contributed by atoms with Gasteiger partial charge in [-0.1, -0.05) is 0 Å². The summed E-state index contributed by atoms with van der Waals surface area (Å²) in [5.74, 6) is 2.31. The van der Waals surface area contributed by atoms with E-state index in [-0.39, 0.29) is 5.91 Å². The van der Waals surface area contributed by atoms with Crippen LogP contribution in [0.1, 0.15) is 17.1 Å². The summed E-state index contributed by atoms with van der Waals surface area (Å²) >= 11 is 0. The summed E-state index contributed by atoms with van der Waals surface area (Å²) in [6, 6.07) is 11.7. The summed E-state index contributed by atoms with van der Waals surface area (Å²) in [6.45, 7) is 8.05. The van der Waals surface area contributed by atoms with E-state index in [4.69, 9.17) is 9.40 Å². The van der Waals surface area contributed by atoms with E-state index >= 15 is 0 Å². The van der Waals surface area contributed by atoms with Gasteiger partial charge in [0.1, 0.15) is 17.3 Å². The fourth-order valence-electron chi connectivity index (χ4n) is 3.54. The minimum Gasteiger partial charge on any atom is -0.462 e. The molecule has 0 bridgehead atoms. The van der Waals surface area contributed by atoms with Crippen LogP contribution in [0.15, 0.2) is 46.9 Å². The number of hydrogen-bond acceptors (Lipinski definition) is 5. The average molecular weight is 390 g/mol. The second-order valence-corrected chi connectivity index (χ2v) is 7.59. The Labute approximate surface area is 170 Å². The molecule has 0 spiro atoms. The molecule has 0 aliphatic carbocycles. The van der Waals surface area contributed by atoms with Crippen LogP contribution in [0.4, 0.5) is 11.5 Å². The Balaban J connectivity index is 1.50. The molecular weight excluding hydrogens is 364 g/mol. The van der Waals surface area contributed by atoms with Crippen molar-refractivity contribution in [3.05, 3.63) is 59.6 Å². The first-order valence-corrected chi connectivity index (χ1v) is 9.88. The van der Waals surface area contributed by atoms with Crippen molar-refractivity contribution in [2.45, 2.75) is 13.8 Å². The Morgan fingerprint density at radius 2 is 1.90 bits per heavy atom. The van der Waals surface area contributed by atoms with Crippen LogP contribution in [0.2, 0.25) is 0 Å². The lowest BCUT2D eigenvalue weighted by atomic mass is 10.1. The number of fused-ring (bicyclic) bond motifs is 1. The van der Waals surface area contributed by atoms with Crippen molar-refractivity contribution < 1.29 is 9.21 Å². The van der Waals surface area contributed by atoms with Crippen LogP contribution in [-0.4, -0.2) is 49.0 Å². The lowest BCUT2D eigenvalue weighted by Crippen LogP contribution is -2.44. The lowest BCUT2D eigenvalue weighted by molar-refractivity contribution is -0.111. The zero-order valence-corrected chi connectivity index (χ0v) is 17.1. The molecule has 1 aliphatic rings. The number of amides is 1. The van der Waals surface area contributed by atoms with Crippen molar-refractivity contribution in [3.8, 4) is 0 Å². The third kappa shape index (κ3) is 4.49. The Morgan fingerprint density at radius 3 is 2.62 bits per heavy atom. The molecule has 1 N–H and O–H groups in total. The maximum absolute atomic E-state index is 12.2. The van der Waals surface area contributed by atoms with Gasteiger partial charge in [-0.05, 0) is 68.9 Å². The van der Waals surface area contributed by atoms with Crippen LogP contribution in [0.3, 0.4) is 0 Å². The molecule has 1 aromatic carbocycles. The minimum absolute atomic E-state index is 0.196. The van der Waals surface area contributed by atoms with Crippen LogP contribution in [-0.2, 0) is 4.79 Å². The number of piperazine rings is 1. The van der Waals surface area contributed by atoms with Crippen LogP contribution in [0, 0.1) is 13.8 Å². The third-order valence-corrected chi connectivity index (χ3v) is 5.26. The number of pyridine rings is 1. The molecular formula is C23H26N4O2. The van der Waals surface area contributed by atoms with Gasteiger partial charge in [-0.3, -0.25) is 4.79 Å². The Kier molecular flexibility index (Phi) is 5.36. The third-order valence-electron chi connectivity index (χ3n) is 5.26. The predicted octanol–water partition coefficient (Wildman–Crippen LogP) is 3.85. The molecule has 3 heterocycles. The molecule has 6 nitrogen and oxygen atoms in total. The molecule has 1 fully saturated rings. The second-order valence-electron chi connectivity index (χ2n) is 7.59. The molecule has 150 valence electrons. The number of nitrogens with zero attached hydrogens (tertiary/aromatic N) is 3. The number of hydrogen-bond donors (Lipinski definition) is 1. The van der Waals surface area contributed by atoms with E-state index in [2.05, 4.69) is 35.2 Å². The van der Waals surface area contributed by atoms with Crippen molar-refractivity contribution >= 4 is 34.4 Å². The molecule has 0 radical (unpaired) electrons. The van der Waals surface area contributed by atoms with Gasteiger partial charge in [-0.2, -0.15) is 0 Å². The number of carbonyl (C=O) groups excluding carboxylic acids is 1. The molecule has 1 amide bonds. The second kappa shape index (κ2) is 8.09. The molecule has 2 aromatic heterocycles. The highest BCUT2D eigenvalue weighted by molar-refractivity contribution is 6.03. The molecule has 0 saturated carbocycles. The van der Waals surface area contributed by atoms with Gasteiger partial charge in [0, 0.05) is 43.3 Å². The Hall–Kier alpha value is -3.12. The average Bonchev–Trinajstić information content (AvgIpc) is 3.12. The number of anilines is 2. The van der Waals surface area contributed by atoms with Crippen molar-refractivity contribution in [2.24, 2.45) is 0 Å². The molecule has 3 aromatic rings. The van der Waals surface area contributed by atoms with Gasteiger partial charge in [-0.25, -0.2) is 4.98 Å². The molecule has 1 aliphatic heterocycles. The summed E-state index contributed by atoms with van der Waals surface area (Å²) in [5, 5.41) is 3.96. The smallest absolute Gasteiger partial charge is 0.248 e. The van der Waals surface area contributed by atoms with Gasteiger partial charge in [0.15, 0.2) is 0 Å². The standard InChI is InChI=1S/C23H26N4O2/c1-16-14-22(27-12-10-26(3)11-13-27)25-21-8-5-18(15-20(16)21)24-23(28)9-7-19-6-4-17(2)29-19/h4-9,14-15H,10-13H2,1-3H3,(H,24,28). The first-order valence-electron chi connectivity index (χ1n) is 9.88. The summed E-state index contributed by atoms with van der Waals surface area (Å²) in [7, 11) is 2.15. The fourth-order valence-corrected chi connectivity index (χ4v) is 3.54. The van der Waals surface area contributed by atoms with Crippen molar-refractivity contribution in [1.29, 1.82) is 0 Å². The van der Waals surface area contributed by atoms with Gasteiger partial charge < -0.3 is 19.5 Å². The predicted molar refractivity (Wildman–Crippen MR) is 117 cm³/mol. The van der Waals surface area contributed by atoms with E-state index in [0.29, 0.717) is 5.76 Å². The van der Waals surface area contributed by atoms with Gasteiger partial charge in [0.2, 0.25) is 5.91 Å². The van der Waals surface area contributed by atoms with E-state index in [0.717, 1.165) is 59.9 Å². The van der Waals surface area contributed by atoms with Crippen molar-refractivity contribution in [2.75, 3.05) is 43.4 Å². The zero-order chi connectivity index (χ0) is 20.4. The summed E-state index contributed by atoms with van der Waals surface area (Å²) in [6.07, 6.45) is 3.14. The first kappa shape index (κ1) is 19.2. The highest BCUT2D eigenvalue weighted by atomic mass is 16.3. The van der Waals surface area contributed by atoms with Crippen LogP contribution in [0.25, 0.3) is 17.0 Å². The zero-order valence-electron chi connectivity index (χ0n) is 17.1. The summed E-state index contributed by atoms with van der Waals surface area (Å²) < 4.78 is 5.44. The Bertz CT molecular complexity index is 1060. The van der Waals surface area contributed by atoms with Crippen molar-refractivity contribution in [3.63, 3.8) is 0 Å². The maximum Gasteiger partial charge on any atom is 0.248 e. The van der Waals surface area contributed by atoms with Gasteiger partial charge in [0.25, 0.3) is 0 Å². The topological polar surface area (TPSA) is 61.6 Å². The number of aromatic nitrogens is 1. The van der Waals surface area contributed by atoms with Gasteiger partial charge >= 0.3 is 0 Å². The van der Waals surface area contributed by atoms with E-state index in [1.54, 1.807) is 6.08 Å². The fraction of sp³-hybridized carbons (Fsp3) is 0.304. The van der Waals surface area contributed by atoms with E-state index < -0.39 is 0 Å². The normalized spacial score (nSPS) is 15.3. The summed E-state index contributed by atoms with van der Waals surface area (Å²) in [4.78, 5) is 21.8. The molecule has 1 saturated heterocycles. The highest BCUT2D eigenvalue weighted by Crippen LogP contribution is 2.26. The number of benzene rings is 1. The number of likely N-dealkylation sites (N-methyl/N-ethyl adjacent to an activating group) is 1. The number of carbonyl (C=O) groups is 1. The monoisotopic (exact) mass is 390 g/mol. The number of furan rings is 1. The number of nitrogens with one attached hydrogen (secondary N) is 1. The highest BCUT2D eigenvalue weighted by Gasteiger charge is 2.16. The molecule has 29 heavy (non-hydrogen) atoms.